The molecule has 0 saturated heterocycles. The van der Waals surface area contributed by atoms with Crippen LogP contribution in [-0.4, -0.2) is 12.0 Å². The minimum absolute atomic E-state index is 0.0335. The monoisotopic (exact) mass is 244 g/mol. The van der Waals surface area contributed by atoms with Gasteiger partial charge in [-0.2, -0.15) is 0 Å². The van der Waals surface area contributed by atoms with Gasteiger partial charge in [0.15, 0.2) is 0 Å². The predicted octanol–water partition coefficient (Wildman–Crippen LogP) is 3.15. The topological polar surface area (TPSA) is 24.9 Å². The quantitative estimate of drug-likeness (QED) is 0.897. The molecule has 1 aromatic heterocycles. The Hall–Kier alpha value is -1.74. The molecule has 1 atom stereocenters. The molecule has 3 heteroatoms. The summed E-state index contributed by atoms with van der Waals surface area (Å²) in [5, 5.41) is 3.22. The smallest absolute Gasteiger partial charge is 0.126 e. The Morgan fingerprint density at radius 3 is 2.56 bits per heavy atom. The van der Waals surface area contributed by atoms with E-state index in [4.69, 9.17) is 0 Å². The van der Waals surface area contributed by atoms with Crippen LogP contribution in [0.5, 0.6) is 0 Å². The van der Waals surface area contributed by atoms with Crippen molar-refractivity contribution < 1.29 is 4.39 Å². The maximum absolute atomic E-state index is 13.6. The fourth-order valence-corrected chi connectivity index (χ4v) is 2.07. The summed E-state index contributed by atoms with van der Waals surface area (Å²) >= 11 is 0. The van der Waals surface area contributed by atoms with Crippen molar-refractivity contribution in [1.29, 1.82) is 0 Å². The lowest BCUT2D eigenvalue weighted by Gasteiger charge is -2.19. The Labute approximate surface area is 107 Å². The average molecular weight is 244 g/mol. The Bertz CT molecular complexity index is 552. The van der Waals surface area contributed by atoms with Crippen LogP contribution in [0.2, 0.25) is 0 Å². The second-order valence-electron chi connectivity index (χ2n) is 4.46. The Kier molecular flexibility index (Phi) is 3.72. The van der Waals surface area contributed by atoms with Gasteiger partial charge in [-0.25, -0.2) is 4.39 Å². The fourth-order valence-electron chi connectivity index (χ4n) is 2.07. The Balaban J connectivity index is 2.45. The molecule has 2 nitrogen and oxygen atoms in total. The molecule has 18 heavy (non-hydrogen) atoms. The molecule has 0 spiro atoms. The number of halogens is 1. The molecule has 1 unspecified atom stereocenters. The van der Waals surface area contributed by atoms with Crippen LogP contribution in [0.4, 0.5) is 4.39 Å². The van der Waals surface area contributed by atoms with Crippen molar-refractivity contribution in [3.05, 3.63) is 64.7 Å². The summed E-state index contributed by atoms with van der Waals surface area (Å²) in [4.78, 5) is 4.15. The number of hydrogen-bond acceptors (Lipinski definition) is 2. The second-order valence-corrected chi connectivity index (χ2v) is 4.46. The highest BCUT2D eigenvalue weighted by atomic mass is 19.1. The van der Waals surface area contributed by atoms with Crippen LogP contribution in [0.3, 0.4) is 0 Å². The lowest BCUT2D eigenvalue weighted by Crippen LogP contribution is -2.19. The van der Waals surface area contributed by atoms with Gasteiger partial charge in [-0.1, -0.05) is 12.1 Å². The number of aromatic nitrogens is 1. The summed E-state index contributed by atoms with van der Waals surface area (Å²) in [5.41, 5.74) is 3.79. The van der Waals surface area contributed by atoms with E-state index in [1.54, 1.807) is 25.3 Å². The van der Waals surface area contributed by atoms with E-state index in [9.17, 15) is 4.39 Å². The lowest BCUT2D eigenvalue weighted by atomic mass is 9.96. The predicted molar refractivity (Wildman–Crippen MR) is 71.0 cm³/mol. The largest absolute Gasteiger partial charge is 0.309 e. The van der Waals surface area contributed by atoms with Crippen molar-refractivity contribution in [2.24, 2.45) is 0 Å². The third-order valence-electron chi connectivity index (χ3n) is 3.21. The van der Waals surface area contributed by atoms with Crippen molar-refractivity contribution in [3.63, 3.8) is 0 Å². The Morgan fingerprint density at radius 1 is 1.17 bits per heavy atom. The van der Waals surface area contributed by atoms with Gasteiger partial charge in [0.25, 0.3) is 0 Å². The Morgan fingerprint density at radius 2 is 1.94 bits per heavy atom. The van der Waals surface area contributed by atoms with Gasteiger partial charge in [0, 0.05) is 12.4 Å². The summed E-state index contributed by atoms with van der Waals surface area (Å²) in [6, 6.07) is 7.27. The third-order valence-corrected chi connectivity index (χ3v) is 3.21. The first-order chi connectivity index (χ1) is 8.63. The van der Waals surface area contributed by atoms with Crippen LogP contribution < -0.4 is 5.32 Å². The number of nitrogens with one attached hydrogen (secondary N) is 1. The molecule has 0 radical (unpaired) electrons. The first kappa shape index (κ1) is 12.7. The molecule has 1 aromatic carbocycles. The van der Waals surface area contributed by atoms with Crippen LogP contribution in [-0.2, 0) is 0 Å². The zero-order chi connectivity index (χ0) is 13.1. The SMILES string of the molecule is CNC(c1ccc(C)c(F)c1)c1cnccc1C. The van der Waals surface area contributed by atoms with Crippen LogP contribution in [0.1, 0.15) is 28.3 Å². The van der Waals surface area contributed by atoms with Crippen molar-refractivity contribution in [3.8, 4) is 0 Å². The van der Waals surface area contributed by atoms with Gasteiger partial charge in [0.05, 0.1) is 6.04 Å². The zero-order valence-corrected chi connectivity index (χ0v) is 10.9. The van der Waals surface area contributed by atoms with Gasteiger partial charge < -0.3 is 5.32 Å². The van der Waals surface area contributed by atoms with E-state index in [0.29, 0.717) is 5.56 Å². The molecular formula is C15H17FN2. The highest BCUT2D eigenvalue weighted by Gasteiger charge is 2.15. The number of benzene rings is 1. The van der Waals surface area contributed by atoms with Gasteiger partial charge in [-0.15, -0.1) is 0 Å². The molecule has 0 bridgehead atoms. The summed E-state index contributed by atoms with van der Waals surface area (Å²) in [5.74, 6) is -0.172. The molecule has 2 aromatic rings. The van der Waals surface area contributed by atoms with Crippen LogP contribution in [0, 0.1) is 19.7 Å². The molecule has 1 N–H and O–H groups in total. The summed E-state index contributed by atoms with van der Waals surface area (Å²) in [7, 11) is 1.87. The second kappa shape index (κ2) is 5.27. The number of rotatable bonds is 3. The molecule has 0 aliphatic rings. The van der Waals surface area contributed by atoms with E-state index in [-0.39, 0.29) is 11.9 Å². The van der Waals surface area contributed by atoms with E-state index >= 15 is 0 Å². The van der Waals surface area contributed by atoms with Crippen molar-refractivity contribution in [2.45, 2.75) is 19.9 Å². The van der Waals surface area contributed by atoms with Gasteiger partial charge in [0.2, 0.25) is 0 Å². The van der Waals surface area contributed by atoms with Gasteiger partial charge in [-0.05, 0) is 55.3 Å². The minimum atomic E-state index is -0.172. The molecule has 2 rings (SSSR count). The molecule has 0 aliphatic heterocycles. The van der Waals surface area contributed by atoms with E-state index in [1.165, 1.54) is 0 Å². The molecule has 0 aliphatic carbocycles. The number of nitrogens with zero attached hydrogens (tertiary/aromatic N) is 1. The molecule has 0 saturated carbocycles. The van der Waals surface area contributed by atoms with E-state index in [1.807, 2.05) is 32.3 Å². The summed E-state index contributed by atoms with van der Waals surface area (Å²) in [6.07, 6.45) is 3.59. The van der Waals surface area contributed by atoms with Gasteiger partial charge in [0.1, 0.15) is 5.82 Å². The van der Waals surface area contributed by atoms with Crippen LogP contribution in [0.25, 0.3) is 0 Å². The number of hydrogen-bond donors (Lipinski definition) is 1. The first-order valence-corrected chi connectivity index (χ1v) is 5.97. The van der Waals surface area contributed by atoms with Gasteiger partial charge >= 0.3 is 0 Å². The zero-order valence-electron chi connectivity index (χ0n) is 10.9. The maximum atomic E-state index is 13.6. The summed E-state index contributed by atoms with van der Waals surface area (Å²) < 4.78 is 13.6. The van der Waals surface area contributed by atoms with Crippen molar-refractivity contribution >= 4 is 0 Å². The maximum Gasteiger partial charge on any atom is 0.126 e. The standard InChI is InChI=1S/C15H17FN2/c1-10-6-7-18-9-13(10)15(17-3)12-5-4-11(2)14(16)8-12/h4-9,15,17H,1-3H3. The third kappa shape index (κ3) is 2.41. The molecule has 94 valence electrons. The highest BCUT2D eigenvalue weighted by molar-refractivity contribution is 5.36. The van der Waals surface area contributed by atoms with Crippen LogP contribution in [0.15, 0.2) is 36.7 Å². The van der Waals surface area contributed by atoms with Crippen molar-refractivity contribution in [1.82, 2.24) is 10.3 Å². The lowest BCUT2D eigenvalue weighted by molar-refractivity contribution is 0.607. The molecule has 1 heterocycles. The van der Waals surface area contributed by atoms with Gasteiger partial charge in [-0.3, -0.25) is 4.98 Å². The highest BCUT2D eigenvalue weighted by Crippen LogP contribution is 2.25. The van der Waals surface area contributed by atoms with Crippen molar-refractivity contribution in [2.75, 3.05) is 7.05 Å². The number of pyridine rings is 1. The van der Waals surface area contributed by atoms with E-state index in [0.717, 1.165) is 16.7 Å². The normalized spacial score (nSPS) is 12.4. The average Bonchev–Trinajstić information content (AvgIpc) is 2.37. The van der Waals surface area contributed by atoms with E-state index < -0.39 is 0 Å². The number of aryl methyl sites for hydroxylation is 2. The van der Waals surface area contributed by atoms with Crippen LogP contribution >= 0.6 is 0 Å². The molecule has 0 fully saturated rings. The summed E-state index contributed by atoms with van der Waals surface area (Å²) in [6.45, 7) is 3.80. The molecular weight excluding hydrogens is 227 g/mol. The minimum Gasteiger partial charge on any atom is -0.309 e. The first-order valence-electron chi connectivity index (χ1n) is 5.97. The fraction of sp³-hybridized carbons (Fsp3) is 0.267. The molecule has 0 amide bonds. The van der Waals surface area contributed by atoms with E-state index in [2.05, 4.69) is 10.3 Å².